The van der Waals surface area contributed by atoms with Crippen molar-refractivity contribution in [1.29, 1.82) is 0 Å². The van der Waals surface area contributed by atoms with Gasteiger partial charge in [-0.3, -0.25) is 0 Å². The molecule has 40 heavy (non-hydrogen) atoms. The van der Waals surface area contributed by atoms with Crippen LogP contribution in [0.5, 0.6) is 0 Å². The van der Waals surface area contributed by atoms with E-state index in [1.54, 1.807) is 0 Å². The van der Waals surface area contributed by atoms with Crippen LogP contribution in [0.2, 0.25) is 0 Å². The van der Waals surface area contributed by atoms with Gasteiger partial charge in [0.15, 0.2) is 12.2 Å². The minimum atomic E-state index is -1.02. The van der Waals surface area contributed by atoms with Crippen molar-refractivity contribution in [3.05, 3.63) is 12.2 Å². The first-order valence-electron chi connectivity index (χ1n) is 15.8. The van der Waals surface area contributed by atoms with Gasteiger partial charge in [0.05, 0.1) is 13.2 Å². The van der Waals surface area contributed by atoms with E-state index in [2.05, 4.69) is 27.7 Å². The zero-order valence-electron chi connectivity index (χ0n) is 25.7. The number of hydrogen-bond donors (Lipinski definition) is 0. The van der Waals surface area contributed by atoms with Gasteiger partial charge in [0.25, 0.3) is 0 Å². The molecule has 232 valence electrons. The molecule has 0 bridgehead atoms. The molecule has 8 nitrogen and oxygen atoms in total. The van der Waals surface area contributed by atoms with E-state index in [0.717, 1.165) is 115 Å². The van der Waals surface area contributed by atoms with Crippen molar-refractivity contribution < 1.29 is 38.1 Å². The van der Waals surface area contributed by atoms with E-state index in [9.17, 15) is 19.2 Å². The highest BCUT2D eigenvalue weighted by Gasteiger charge is 2.25. The topological polar surface area (TPSA) is 105 Å². The molecule has 0 fully saturated rings. The van der Waals surface area contributed by atoms with Gasteiger partial charge in [-0.2, -0.15) is 0 Å². The molecule has 0 rings (SSSR count). The van der Waals surface area contributed by atoms with Crippen LogP contribution in [0.1, 0.15) is 143 Å². The average molecular weight is 569 g/mol. The van der Waals surface area contributed by atoms with Crippen LogP contribution in [-0.4, -0.2) is 49.3 Å². The average Bonchev–Trinajstić information content (AvgIpc) is 2.94. The van der Waals surface area contributed by atoms with E-state index in [0.29, 0.717) is 26.1 Å². The summed E-state index contributed by atoms with van der Waals surface area (Å²) in [6.45, 7) is 8.98. The van der Waals surface area contributed by atoms with Crippen LogP contribution in [-0.2, 0) is 38.1 Å². The lowest BCUT2D eigenvalue weighted by atomic mass is 10.1. The highest BCUT2D eigenvalue weighted by atomic mass is 16.6. The maximum atomic E-state index is 12.6. The molecule has 0 aromatic carbocycles. The molecule has 2 atom stereocenters. The Morgan fingerprint density at radius 3 is 1.12 bits per heavy atom. The summed E-state index contributed by atoms with van der Waals surface area (Å²) >= 11 is 0. The third kappa shape index (κ3) is 21.4. The second-order valence-electron chi connectivity index (χ2n) is 10.3. The molecule has 0 amide bonds. The van der Waals surface area contributed by atoms with Crippen molar-refractivity contribution in [3.63, 3.8) is 0 Å². The van der Waals surface area contributed by atoms with Crippen LogP contribution < -0.4 is 0 Å². The second-order valence-corrected chi connectivity index (χ2v) is 10.3. The van der Waals surface area contributed by atoms with Crippen molar-refractivity contribution >= 4 is 23.9 Å². The van der Waals surface area contributed by atoms with Gasteiger partial charge < -0.3 is 18.9 Å². The monoisotopic (exact) mass is 568 g/mol. The SMILES string of the molecule is CCCCCCOC(=O)C(CCCCCC)OC(=O)/C=C/C(=O)OC(CCCCCC)C(=O)OCCCCCC. The number of carbonyl (C=O) groups is 4. The summed E-state index contributed by atoms with van der Waals surface area (Å²) in [7, 11) is 0. The molecule has 0 N–H and O–H groups in total. The molecule has 0 aliphatic rings. The first-order valence-corrected chi connectivity index (χ1v) is 15.8. The molecule has 0 aromatic heterocycles. The Kier molecular flexibility index (Phi) is 25.2. The van der Waals surface area contributed by atoms with Crippen molar-refractivity contribution in [2.45, 2.75) is 155 Å². The molecular formula is C32H56O8. The normalized spacial score (nSPS) is 12.6. The maximum absolute atomic E-state index is 12.6. The molecule has 0 spiro atoms. The smallest absolute Gasteiger partial charge is 0.347 e. The first kappa shape index (κ1) is 37.6. The van der Waals surface area contributed by atoms with Crippen molar-refractivity contribution in [2.75, 3.05) is 13.2 Å². The van der Waals surface area contributed by atoms with E-state index in [-0.39, 0.29) is 0 Å². The number of carbonyl (C=O) groups excluding carboxylic acids is 4. The van der Waals surface area contributed by atoms with Crippen LogP contribution in [0.25, 0.3) is 0 Å². The summed E-state index contributed by atoms with van der Waals surface area (Å²) < 4.78 is 21.4. The summed E-state index contributed by atoms with van der Waals surface area (Å²) in [6.07, 6.45) is 15.8. The van der Waals surface area contributed by atoms with Gasteiger partial charge in [0.1, 0.15) is 0 Å². The lowest BCUT2D eigenvalue weighted by Gasteiger charge is -2.17. The van der Waals surface area contributed by atoms with Gasteiger partial charge in [-0.15, -0.1) is 0 Å². The lowest BCUT2D eigenvalue weighted by molar-refractivity contribution is -0.166. The maximum Gasteiger partial charge on any atom is 0.347 e. The lowest BCUT2D eigenvalue weighted by Crippen LogP contribution is -2.30. The van der Waals surface area contributed by atoms with Crippen LogP contribution in [0, 0.1) is 0 Å². The number of esters is 4. The molecule has 0 aliphatic heterocycles. The fraction of sp³-hybridized carbons (Fsp3) is 0.812. The second kappa shape index (κ2) is 26.8. The molecular weight excluding hydrogens is 512 g/mol. The van der Waals surface area contributed by atoms with Crippen LogP contribution >= 0.6 is 0 Å². The highest BCUT2D eigenvalue weighted by Crippen LogP contribution is 2.13. The minimum Gasteiger partial charge on any atom is -0.463 e. The summed E-state index contributed by atoms with van der Waals surface area (Å²) in [5.41, 5.74) is 0. The van der Waals surface area contributed by atoms with Gasteiger partial charge in [0.2, 0.25) is 0 Å². The van der Waals surface area contributed by atoms with Gasteiger partial charge in [-0.1, -0.05) is 105 Å². The molecule has 0 aromatic rings. The van der Waals surface area contributed by atoms with Crippen molar-refractivity contribution in [3.8, 4) is 0 Å². The Bertz CT molecular complexity index is 645. The Labute approximate surface area is 242 Å². The van der Waals surface area contributed by atoms with E-state index in [1.807, 2.05) is 0 Å². The van der Waals surface area contributed by atoms with Crippen molar-refractivity contribution in [1.82, 2.24) is 0 Å². The van der Waals surface area contributed by atoms with E-state index >= 15 is 0 Å². The van der Waals surface area contributed by atoms with E-state index in [4.69, 9.17) is 18.9 Å². The quantitative estimate of drug-likeness (QED) is 0.0456. The van der Waals surface area contributed by atoms with Gasteiger partial charge in [0, 0.05) is 12.2 Å². The Balaban J connectivity index is 4.97. The fourth-order valence-electron chi connectivity index (χ4n) is 4.05. The fourth-order valence-corrected chi connectivity index (χ4v) is 4.05. The number of unbranched alkanes of at least 4 members (excludes halogenated alkanes) is 12. The van der Waals surface area contributed by atoms with Gasteiger partial charge in [-0.05, 0) is 38.5 Å². The first-order chi connectivity index (χ1) is 19.4. The predicted molar refractivity (Wildman–Crippen MR) is 157 cm³/mol. The van der Waals surface area contributed by atoms with E-state index < -0.39 is 36.1 Å². The number of ether oxygens (including phenoxy) is 4. The minimum absolute atomic E-state index is 0.290. The van der Waals surface area contributed by atoms with Crippen LogP contribution in [0.4, 0.5) is 0 Å². The van der Waals surface area contributed by atoms with Gasteiger partial charge >= 0.3 is 23.9 Å². The summed E-state index contributed by atoms with van der Waals surface area (Å²) in [6, 6.07) is 0. The standard InChI is InChI=1S/C32H56O8/c1-5-9-13-17-21-27(31(35)37-25-19-15-11-7-3)39-29(33)23-24-30(34)40-28(22-18-14-10-6-2)32(36)38-26-20-16-12-8-4/h23-24,27-28H,5-22,25-26H2,1-4H3/b24-23+. The third-order valence-corrected chi connectivity index (χ3v) is 6.52. The molecule has 0 aliphatic carbocycles. The molecule has 0 heterocycles. The third-order valence-electron chi connectivity index (χ3n) is 6.52. The zero-order valence-corrected chi connectivity index (χ0v) is 25.7. The Morgan fingerprint density at radius 1 is 0.475 bits per heavy atom. The number of rotatable bonds is 26. The van der Waals surface area contributed by atoms with Gasteiger partial charge in [-0.25, -0.2) is 19.2 Å². The molecule has 0 saturated carbocycles. The summed E-state index contributed by atoms with van der Waals surface area (Å²) in [5.74, 6) is -2.80. The molecule has 0 saturated heterocycles. The van der Waals surface area contributed by atoms with Crippen LogP contribution in [0.3, 0.4) is 0 Å². The van der Waals surface area contributed by atoms with E-state index in [1.165, 1.54) is 0 Å². The van der Waals surface area contributed by atoms with Crippen LogP contribution in [0.15, 0.2) is 12.2 Å². The highest BCUT2D eigenvalue weighted by molar-refractivity contribution is 5.93. The Morgan fingerprint density at radius 2 is 0.800 bits per heavy atom. The molecule has 2 unspecified atom stereocenters. The van der Waals surface area contributed by atoms with Crippen molar-refractivity contribution in [2.24, 2.45) is 0 Å². The summed E-state index contributed by atoms with van der Waals surface area (Å²) in [4.78, 5) is 50.0. The summed E-state index contributed by atoms with van der Waals surface area (Å²) in [5, 5.41) is 0. The number of hydrogen-bond acceptors (Lipinski definition) is 8. The molecule has 0 radical (unpaired) electrons. The molecule has 8 heteroatoms. The predicted octanol–water partition coefficient (Wildman–Crippen LogP) is 7.55. The Hall–Kier alpha value is -2.38. The largest absolute Gasteiger partial charge is 0.463 e. The zero-order chi connectivity index (χ0) is 29.8.